The number of nitrogens with one attached hydrogen (secondary N) is 1. The molecule has 0 spiro atoms. The van der Waals surface area contributed by atoms with E-state index in [2.05, 4.69) is 32.1 Å². The fraction of sp³-hybridized carbons (Fsp3) is 0.588. The van der Waals surface area contributed by atoms with E-state index in [1.807, 2.05) is 24.3 Å². The summed E-state index contributed by atoms with van der Waals surface area (Å²) in [6.45, 7) is 4.34. The smallest absolute Gasteiger partial charge is 0.318 e. The van der Waals surface area contributed by atoms with Crippen molar-refractivity contribution in [2.75, 3.05) is 42.6 Å². The van der Waals surface area contributed by atoms with Gasteiger partial charge in [-0.1, -0.05) is 30.7 Å². The first-order valence-electron chi connectivity index (χ1n) is 16.4. The van der Waals surface area contributed by atoms with Crippen molar-refractivity contribution in [3.05, 3.63) is 47.7 Å². The third kappa shape index (κ3) is 4.37. The van der Waals surface area contributed by atoms with Crippen LogP contribution in [0.15, 0.2) is 36.4 Å². The van der Waals surface area contributed by atoms with Crippen molar-refractivity contribution in [1.82, 2.24) is 20.2 Å². The predicted molar refractivity (Wildman–Crippen MR) is 165 cm³/mol. The zero-order valence-electron chi connectivity index (χ0n) is 24.7. The van der Waals surface area contributed by atoms with Crippen molar-refractivity contribution in [2.24, 2.45) is 5.92 Å². The van der Waals surface area contributed by atoms with Gasteiger partial charge >= 0.3 is 6.01 Å². The molecule has 9 rings (SSSR count). The lowest BCUT2D eigenvalue weighted by molar-refractivity contribution is 0.0829. The number of nitrogens with zero attached hydrogens (tertiary/aromatic N) is 5. The molecular formula is C34H41FN6O2. The molecule has 3 aromatic rings. The predicted octanol–water partition coefficient (Wildman–Crippen LogP) is 4.57. The van der Waals surface area contributed by atoms with Crippen LogP contribution < -0.4 is 19.9 Å². The number of alkyl halides is 1. The van der Waals surface area contributed by atoms with Crippen LogP contribution in [0.1, 0.15) is 56.2 Å². The summed E-state index contributed by atoms with van der Waals surface area (Å²) in [4.78, 5) is 17.4. The summed E-state index contributed by atoms with van der Waals surface area (Å²) in [5, 5.41) is 16.5. The van der Waals surface area contributed by atoms with Crippen molar-refractivity contribution in [3.8, 4) is 11.8 Å². The SMILES string of the molecule is Oc1cc(N2CCc3c(nc(OC[C@]45C[C@@H](F)CN4[C@H]4CCC[C@H]4C5)nc3N3CC4CCC(C3)N4)C2)c2ccccc2c1. The second kappa shape index (κ2) is 9.92. The van der Waals surface area contributed by atoms with E-state index in [1.54, 1.807) is 0 Å². The molecule has 6 aliphatic rings. The van der Waals surface area contributed by atoms with Crippen molar-refractivity contribution < 1.29 is 14.2 Å². The molecule has 5 fully saturated rings. The van der Waals surface area contributed by atoms with Gasteiger partial charge in [-0.15, -0.1) is 0 Å². The molecule has 6 heterocycles. The lowest BCUT2D eigenvalue weighted by atomic mass is 9.89. The minimum absolute atomic E-state index is 0.241. The standard InChI is InChI=1S/C34H41FN6O2/c35-23-15-34(14-22-5-3-7-30(22)41(34)16-23)20-43-33-37-29-19-39(31-13-26(42)12-21-4-1-2-6-27(21)31)11-10-28(29)32(38-33)40-17-24-8-9-25(18-40)36-24/h1-2,4,6,12-13,22-25,30,36,42H,3,5,7-11,14-20H2/t22-,23+,24?,25?,30-,34-/m0/s1. The monoisotopic (exact) mass is 584 g/mol. The quantitative estimate of drug-likeness (QED) is 0.452. The van der Waals surface area contributed by atoms with Gasteiger partial charge in [-0.3, -0.25) is 4.90 Å². The van der Waals surface area contributed by atoms with Gasteiger partial charge in [0.15, 0.2) is 0 Å². The highest BCUT2D eigenvalue weighted by atomic mass is 19.1. The first-order chi connectivity index (χ1) is 21.0. The molecule has 1 aromatic heterocycles. The molecule has 2 aromatic carbocycles. The van der Waals surface area contributed by atoms with Gasteiger partial charge in [0, 0.05) is 73.4 Å². The summed E-state index contributed by atoms with van der Waals surface area (Å²) in [5.41, 5.74) is 3.00. The van der Waals surface area contributed by atoms with Gasteiger partial charge in [-0.05, 0) is 55.9 Å². The number of fused-ring (bicyclic) bond motifs is 7. The molecule has 4 saturated heterocycles. The summed E-state index contributed by atoms with van der Waals surface area (Å²) < 4.78 is 21.4. The summed E-state index contributed by atoms with van der Waals surface area (Å²) in [6.07, 6.45) is 7.74. The van der Waals surface area contributed by atoms with Crippen LogP contribution in [0.3, 0.4) is 0 Å². The van der Waals surface area contributed by atoms with Gasteiger partial charge in [-0.25, -0.2) is 4.39 Å². The second-order valence-corrected chi connectivity index (χ2v) is 14.1. The molecule has 5 aliphatic heterocycles. The van der Waals surface area contributed by atoms with E-state index in [9.17, 15) is 9.50 Å². The Kier molecular flexibility index (Phi) is 6.06. The summed E-state index contributed by atoms with van der Waals surface area (Å²) in [5.74, 6) is 1.96. The number of rotatable bonds is 5. The minimum Gasteiger partial charge on any atom is -0.508 e. The van der Waals surface area contributed by atoms with Gasteiger partial charge in [0.25, 0.3) is 0 Å². The molecule has 8 nitrogen and oxygen atoms in total. The molecule has 1 aliphatic carbocycles. The molecule has 226 valence electrons. The number of phenols is 1. The Labute approximate surface area is 252 Å². The summed E-state index contributed by atoms with van der Waals surface area (Å²) in [6, 6.07) is 13.9. The Hall–Kier alpha value is -3.17. The highest BCUT2D eigenvalue weighted by Gasteiger charge is 2.58. The molecule has 43 heavy (non-hydrogen) atoms. The zero-order chi connectivity index (χ0) is 28.7. The molecule has 9 heteroatoms. The van der Waals surface area contributed by atoms with Crippen LogP contribution in [0.2, 0.25) is 0 Å². The van der Waals surface area contributed by atoms with E-state index in [0.717, 1.165) is 60.4 Å². The fourth-order valence-electron chi connectivity index (χ4n) is 9.67. The lowest BCUT2D eigenvalue weighted by Gasteiger charge is -2.38. The normalized spacial score (nSPS) is 33.2. The molecule has 1 saturated carbocycles. The van der Waals surface area contributed by atoms with Crippen LogP contribution in [-0.2, 0) is 13.0 Å². The van der Waals surface area contributed by atoms with Crippen molar-refractivity contribution >= 4 is 22.3 Å². The lowest BCUT2D eigenvalue weighted by Crippen LogP contribution is -2.52. The molecule has 2 bridgehead atoms. The van der Waals surface area contributed by atoms with Crippen molar-refractivity contribution in [3.63, 3.8) is 0 Å². The number of aromatic hydroxyl groups is 1. The maximum absolute atomic E-state index is 14.9. The van der Waals surface area contributed by atoms with Crippen LogP contribution in [0, 0.1) is 5.92 Å². The molecule has 6 atom stereocenters. The van der Waals surface area contributed by atoms with Crippen LogP contribution >= 0.6 is 0 Å². The summed E-state index contributed by atoms with van der Waals surface area (Å²) in [7, 11) is 0. The number of ether oxygens (including phenoxy) is 1. The third-order valence-corrected chi connectivity index (χ3v) is 11.4. The van der Waals surface area contributed by atoms with E-state index >= 15 is 0 Å². The highest BCUT2D eigenvalue weighted by molar-refractivity contribution is 5.95. The maximum Gasteiger partial charge on any atom is 0.318 e. The van der Waals surface area contributed by atoms with Gasteiger partial charge in [0.1, 0.15) is 24.3 Å². The van der Waals surface area contributed by atoms with Crippen LogP contribution in [0.25, 0.3) is 10.8 Å². The van der Waals surface area contributed by atoms with E-state index in [-0.39, 0.29) is 11.3 Å². The fourth-order valence-corrected chi connectivity index (χ4v) is 9.67. The topological polar surface area (TPSA) is 77.0 Å². The van der Waals surface area contributed by atoms with Crippen LogP contribution in [0.5, 0.6) is 11.8 Å². The summed E-state index contributed by atoms with van der Waals surface area (Å²) >= 11 is 0. The van der Waals surface area contributed by atoms with Gasteiger partial charge in [0.2, 0.25) is 0 Å². The van der Waals surface area contributed by atoms with E-state index in [1.165, 1.54) is 37.7 Å². The number of benzene rings is 2. The van der Waals surface area contributed by atoms with Gasteiger partial charge < -0.3 is 25.0 Å². The molecule has 2 unspecified atom stereocenters. The molecular weight excluding hydrogens is 543 g/mol. The Bertz CT molecular complexity index is 1560. The number of hydrogen-bond acceptors (Lipinski definition) is 8. The number of aromatic nitrogens is 2. The van der Waals surface area contributed by atoms with Gasteiger partial charge in [0.05, 0.1) is 17.8 Å². The minimum atomic E-state index is -0.785. The zero-order valence-corrected chi connectivity index (χ0v) is 24.7. The van der Waals surface area contributed by atoms with Crippen molar-refractivity contribution in [1.29, 1.82) is 0 Å². The number of hydrogen-bond donors (Lipinski definition) is 2. The first-order valence-corrected chi connectivity index (χ1v) is 16.4. The van der Waals surface area contributed by atoms with Gasteiger partial charge in [-0.2, -0.15) is 9.97 Å². The maximum atomic E-state index is 14.9. The van der Waals surface area contributed by atoms with E-state index < -0.39 is 6.17 Å². The average Bonchev–Trinajstić information content (AvgIpc) is 3.75. The Morgan fingerprint density at radius 2 is 1.86 bits per heavy atom. The van der Waals surface area contributed by atoms with Crippen LogP contribution in [0.4, 0.5) is 15.9 Å². The Morgan fingerprint density at radius 1 is 1.00 bits per heavy atom. The number of halogens is 1. The average molecular weight is 585 g/mol. The second-order valence-electron chi connectivity index (χ2n) is 14.1. The van der Waals surface area contributed by atoms with E-state index in [0.29, 0.717) is 56.2 Å². The van der Waals surface area contributed by atoms with E-state index in [4.69, 9.17) is 14.7 Å². The largest absolute Gasteiger partial charge is 0.508 e. The third-order valence-electron chi connectivity index (χ3n) is 11.4. The first kappa shape index (κ1) is 26.3. The number of anilines is 2. The highest BCUT2D eigenvalue weighted by Crippen LogP contribution is 2.52. The molecule has 2 N–H and O–H groups in total. The van der Waals surface area contributed by atoms with Crippen molar-refractivity contribution in [2.45, 2.75) is 87.7 Å². The number of phenolic OH excluding ortho intramolecular Hbond substituents is 1. The molecule has 0 amide bonds. The Balaban J connectivity index is 1.06. The Morgan fingerprint density at radius 3 is 2.74 bits per heavy atom. The van der Waals surface area contributed by atoms with Crippen LogP contribution in [-0.4, -0.2) is 82.6 Å². The molecule has 0 radical (unpaired) electrons. The number of piperazine rings is 1.